The van der Waals surface area contributed by atoms with Crippen molar-refractivity contribution in [3.63, 3.8) is 0 Å². The summed E-state index contributed by atoms with van der Waals surface area (Å²) in [6, 6.07) is 14.5. The van der Waals surface area contributed by atoms with Crippen LogP contribution in [0.3, 0.4) is 0 Å². The van der Waals surface area contributed by atoms with E-state index in [1.54, 1.807) is 48.5 Å². The maximum absolute atomic E-state index is 12.6. The average Bonchev–Trinajstić information content (AvgIpc) is 2.82. The number of methoxy groups -OCH3 is 1. The predicted octanol–water partition coefficient (Wildman–Crippen LogP) is 1.57. The van der Waals surface area contributed by atoms with Crippen LogP contribution >= 0.6 is 0 Å². The first kappa shape index (κ1) is 22.5. The molecule has 1 amide bonds. The maximum Gasteiger partial charge on any atom is 0.331 e. The number of esters is 1. The highest BCUT2D eigenvalue weighted by Crippen LogP contribution is 2.27. The number of para-hydroxylation sites is 1. The summed E-state index contributed by atoms with van der Waals surface area (Å²) in [5.74, 6) is -3.20. The Morgan fingerprint density at radius 2 is 1.75 bits per heavy atom. The highest BCUT2D eigenvalue weighted by Gasteiger charge is 2.26. The summed E-state index contributed by atoms with van der Waals surface area (Å²) in [5.41, 5.74) is 6.75. The van der Waals surface area contributed by atoms with Gasteiger partial charge in [0.1, 0.15) is 12.4 Å². The molecule has 5 N–H and O–H groups in total. The molecule has 0 aliphatic carbocycles. The predicted molar refractivity (Wildman–Crippen MR) is 113 cm³/mol. The molecule has 2 aromatic carbocycles. The van der Waals surface area contributed by atoms with E-state index in [4.69, 9.17) is 15.2 Å². The molecule has 1 heterocycles. The number of rotatable bonds is 8. The minimum atomic E-state index is -1.48. The molecule has 0 aliphatic rings. The largest absolute Gasteiger partial charge is 0.501 e. The van der Waals surface area contributed by atoms with Crippen LogP contribution in [0.2, 0.25) is 0 Å². The zero-order valence-electron chi connectivity index (χ0n) is 17.2. The maximum atomic E-state index is 12.6. The molecule has 0 bridgehead atoms. The lowest BCUT2D eigenvalue weighted by molar-refractivity contribution is -0.146. The lowest BCUT2D eigenvalue weighted by Crippen LogP contribution is -2.29. The summed E-state index contributed by atoms with van der Waals surface area (Å²) in [4.78, 5) is 32.3. The summed E-state index contributed by atoms with van der Waals surface area (Å²) in [6.45, 7) is 0.0389. The van der Waals surface area contributed by atoms with Crippen LogP contribution in [0.25, 0.3) is 0 Å². The van der Waals surface area contributed by atoms with Crippen molar-refractivity contribution >= 4 is 11.9 Å². The van der Waals surface area contributed by atoms with Crippen LogP contribution in [0.1, 0.15) is 33.5 Å². The number of aromatic nitrogens is 2. The van der Waals surface area contributed by atoms with E-state index in [1.165, 1.54) is 7.11 Å². The van der Waals surface area contributed by atoms with Crippen molar-refractivity contribution in [1.29, 1.82) is 0 Å². The molecular weight excluding hydrogens is 416 g/mol. The fourth-order valence-corrected chi connectivity index (χ4v) is 2.79. The van der Waals surface area contributed by atoms with Gasteiger partial charge < -0.3 is 30.7 Å². The Morgan fingerprint density at radius 1 is 1.06 bits per heavy atom. The molecule has 0 radical (unpaired) electrons. The molecule has 166 valence electrons. The second kappa shape index (κ2) is 10.2. The van der Waals surface area contributed by atoms with Crippen molar-refractivity contribution < 1.29 is 29.3 Å². The van der Waals surface area contributed by atoms with E-state index in [1.807, 2.05) is 6.07 Å². The van der Waals surface area contributed by atoms with Crippen LogP contribution in [0.15, 0.2) is 54.6 Å². The van der Waals surface area contributed by atoms with Crippen molar-refractivity contribution in [2.75, 3.05) is 7.11 Å². The number of ether oxygens (including phenoxy) is 2. The van der Waals surface area contributed by atoms with E-state index in [-0.39, 0.29) is 19.0 Å². The third-order valence-electron chi connectivity index (χ3n) is 4.49. The number of nitrogens with two attached hydrogens (primary N) is 1. The van der Waals surface area contributed by atoms with Gasteiger partial charge in [-0.3, -0.25) is 4.79 Å². The van der Waals surface area contributed by atoms with Gasteiger partial charge >= 0.3 is 5.97 Å². The van der Waals surface area contributed by atoms with Gasteiger partial charge in [0.15, 0.2) is 17.6 Å². The third-order valence-corrected chi connectivity index (χ3v) is 4.49. The fourth-order valence-electron chi connectivity index (χ4n) is 2.79. The summed E-state index contributed by atoms with van der Waals surface area (Å²) in [5, 5.41) is 22.5. The number of nitrogens with one attached hydrogen (secondary N) is 1. The number of nitrogens with zero attached hydrogens (tertiary/aromatic N) is 2. The van der Waals surface area contributed by atoms with Crippen LogP contribution in [0, 0.1) is 0 Å². The molecule has 1 unspecified atom stereocenters. The molecule has 3 rings (SSSR count). The van der Waals surface area contributed by atoms with Gasteiger partial charge in [0.2, 0.25) is 5.75 Å². The number of carbonyl (C=O) groups is 2. The smallest absolute Gasteiger partial charge is 0.331 e. The first-order chi connectivity index (χ1) is 15.4. The van der Waals surface area contributed by atoms with Crippen LogP contribution in [0.5, 0.6) is 17.4 Å². The normalized spacial score (nSPS) is 11.4. The summed E-state index contributed by atoms with van der Waals surface area (Å²) in [7, 11) is 1.50. The summed E-state index contributed by atoms with van der Waals surface area (Å²) in [6.07, 6.45) is 0. The second-order valence-electron chi connectivity index (χ2n) is 6.67. The van der Waals surface area contributed by atoms with Crippen molar-refractivity contribution in [1.82, 2.24) is 15.3 Å². The van der Waals surface area contributed by atoms with Gasteiger partial charge in [-0.25, -0.2) is 9.78 Å². The molecular formula is C22H22N4O6. The molecule has 32 heavy (non-hydrogen) atoms. The molecule has 3 aromatic rings. The van der Waals surface area contributed by atoms with E-state index >= 15 is 0 Å². The lowest BCUT2D eigenvalue weighted by Gasteiger charge is -2.13. The topological polar surface area (TPSA) is 157 Å². The van der Waals surface area contributed by atoms with E-state index in [2.05, 4.69) is 15.3 Å². The minimum Gasteiger partial charge on any atom is -0.501 e. The van der Waals surface area contributed by atoms with Gasteiger partial charge in [-0.15, -0.1) is 0 Å². The molecule has 0 saturated heterocycles. The first-order valence-corrected chi connectivity index (χ1v) is 9.56. The van der Waals surface area contributed by atoms with E-state index < -0.39 is 35.2 Å². The lowest BCUT2D eigenvalue weighted by atomic mass is 10.2. The summed E-state index contributed by atoms with van der Waals surface area (Å²) >= 11 is 0. The number of benzene rings is 2. The number of aromatic hydroxyl groups is 2. The monoisotopic (exact) mass is 438 g/mol. The fraction of sp³-hybridized carbons (Fsp3) is 0.182. The quantitative estimate of drug-likeness (QED) is 0.383. The SMILES string of the molecule is COc1ccccc1CNC(=O)c1nc(C(N)C(=O)OCc2ccccc2)nc(O)c1O. The molecule has 10 nitrogen and oxygen atoms in total. The number of carbonyl (C=O) groups excluding carboxylic acids is 2. The van der Waals surface area contributed by atoms with Crippen LogP contribution < -0.4 is 15.8 Å². The van der Waals surface area contributed by atoms with E-state index in [9.17, 15) is 19.8 Å². The van der Waals surface area contributed by atoms with E-state index in [0.29, 0.717) is 11.3 Å². The highest BCUT2D eigenvalue weighted by atomic mass is 16.5. The van der Waals surface area contributed by atoms with Crippen molar-refractivity contribution in [3.8, 4) is 17.4 Å². The Morgan fingerprint density at radius 3 is 2.47 bits per heavy atom. The number of amides is 1. The van der Waals surface area contributed by atoms with Gasteiger partial charge in [-0.05, 0) is 11.6 Å². The Kier molecular flexibility index (Phi) is 7.19. The van der Waals surface area contributed by atoms with Gasteiger partial charge in [0, 0.05) is 12.1 Å². The number of hydrogen-bond acceptors (Lipinski definition) is 9. The van der Waals surface area contributed by atoms with Gasteiger partial charge in [-0.2, -0.15) is 4.98 Å². The standard InChI is InChI=1S/C22H22N4O6/c1-31-15-10-6-5-9-14(15)11-24-20(28)17-18(27)21(29)26-19(25-17)16(23)22(30)32-12-13-7-3-2-4-8-13/h2-10,16,27H,11-12,23H2,1H3,(H,24,28)(H,25,26,29). The van der Waals surface area contributed by atoms with E-state index in [0.717, 1.165) is 5.56 Å². The Labute approximate surface area is 183 Å². The molecule has 0 aliphatic heterocycles. The van der Waals surface area contributed by atoms with Gasteiger partial charge in [-0.1, -0.05) is 48.5 Å². The molecule has 0 fully saturated rings. The Balaban J connectivity index is 1.72. The van der Waals surface area contributed by atoms with Gasteiger partial charge in [0.25, 0.3) is 11.8 Å². The molecule has 1 aromatic heterocycles. The van der Waals surface area contributed by atoms with Crippen LogP contribution in [-0.4, -0.2) is 39.2 Å². The second-order valence-corrected chi connectivity index (χ2v) is 6.67. The first-order valence-electron chi connectivity index (χ1n) is 9.56. The highest BCUT2D eigenvalue weighted by molar-refractivity contribution is 5.95. The Bertz CT molecular complexity index is 1110. The van der Waals surface area contributed by atoms with Crippen LogP contribution in [-0.2, 0) is 22.7 Å². The zero-order valence-corrected chi connectivity index (χ0v) is 17.2. The van der Waals surface area contributed by atoms with Crippen molar-refractivity contribution in [2.24, 2.45) is 5.73 Å². The molecule has 0 spiro atoms. The molecule has 1 atom stereocenters. The Hall–Kier alpha value is -4.18. The van der Waals surface area contributed by atoms with Crippen molar-refractivity contribution in [2.45, 2.75) is 19.2 Å². The zero-order chi connectivity index (χ0) is 23.1. The van der Waals surface area contributed by atoms with Crippen LogP contribution in [0.4, 0.5) is 0 Å². The summed E-state index contributed by atoms with van der Waals surface area (Å²) < 4.78 is 10.4. The minimum absolute atomic E-state index is 0.0241. The molecule has 0 saturated carbocycles. The van der Waals surface area contributed by atoms with Crippen molar-refractivity contribution in [3.05, 3.63) is 77.2 Å². The van der Waals surface area contributed by atoms with Gasteiger partial charge in [0.05, 0.1) is 7.11 Å². The average molecular weight is 438 g/mol. The third kappa shape index (κ3) is 5.29. The number of hydrogen-bond donors (Lipinski definition) is 4. The molecule has 10 heteroatoms.